The van der Waals surface area contributed by atoms with Crippen molar-refractivity contribution in [3.05, 3.63) is 59.7 Å². The lowest BCUT2D eigenvalue weighted by molar-refractivity contribution is 0.443. The van der Waals surface area contributed by atoms with Gasteiger partial charge in [-0.05, 0) is 48.9 Å². The third kappa shape index (κ3) is 3.58. The van der Waals surface area contributed by atoms with E-state index in [9.17, 15) is 0 Å². The fourth-order valence-corrected chi connectivity index (χ4v) is 3.64. The quantitative estimate of drug-likeness (QED) is 0.493. The summed E-state index contributed by atoms with van der Waals surface area (Å²) in [7, 11) is 0. The van der Waals surface area contributed by atoms with Gasteiger partial charge in [0.05, 0.1) is 16.7 Å². The summed E-state index contributed by atoms with van der Waals surface area (Å²) in [6.45, 7) is 2.02. The van der Waals surface area contributed by atoms with Crippen LogP contribution in [0, 0.1) is 0 Å². The Hall–Kier alpha value is -2.62. The van der Waals surface area contributed by atoms with E-state index in [2.05, 4.69) is 44.8 Å². The van der Waals surface area contributed by atoms with E-state index in [1.54, 1.807) is 0 Å². The van der Waals surface area contributed by atoms with E-state index < -0.39 is 0 Å². The maximum absolute atomic E-state index is 4.48. The molecule has 0 aliphatic heterocycles. The molecule has 25 heavy (non-hydrogen) atoms. The second-order valence-electron chi connectivity index (χ2n) is 6.87. The van der Waals surface area contributed by atoms with Crippen LogP contribution in [0.1, 0.15) is 56.1 Å². The van der Waals surface area contributed by atoms with Gasteiger partial charge in [-0.15, -0.1) is 0 Å². The predicted molar refractivity (Wildman–Crippen MR) is 104 cm³/mol. The van der Waals surface area contributed by atoms with Crippen LogP contribution in [0.5, 0.6) is 0 Å². The molecule has 4 nitrogen and oxygen atoms in total. The molecule has 1 saturated carbocycles. The number of aromatic nitrogens is 2. The zero-order chi connectivity index (χ0) is 17.1. The number of nitrogens with zero attached hydrogens (tertiary/aromatic N) is 2. The van der Waals surface area contributed by atoms with Gasteiger partial charge in [-0.3, -0.25) is 0 Å². The number of para-hydroxylation sites is 2. The molecular weight excluding hydrogens is 308 g/mol. The van der Waals surface area contributed by atoms with Gasteiger partial charge < -0.3 is 4.98 Å². The van der Waals surface area contributed by atoms with Crippen molar-refractivity contribution in [2.24, 2.45) is 5.10 Å². The first-order valence-electron chi connectivity index (χ1n) is 9.15. The highest BCUT2D eigenvalue weighted by Gasteiger charge is 2.15. The van der Waals surface area contributed by atoms with Crippen LogP contribution >= 0.6 is 0 Å². The van der Waals surface area contributed by atoms with Gasteiger partial charge >= 0.3 is 0 Å². The maximum atomic E-state index is 4.48. The Morgan fingerprint density at radius 2 is 1.80 bits per heavy atom. The number of hydrogen-bond acceptors (Lipinski definition) is 3. The molecule has 0 amide bonds. The number of nitrogens with one attached hydrogen (secondary N) is 2. The van der Waals surface area contributed by atoms with Crippen LogP contribution in [0.3, 0.4) is 0 Å². The van der Waals surface area contributed by atoms with E-state index in [4.69, 9.17) is 0 Å². The summed E-state index contributed by atoms with van der Waals surface area (Å²) in [6, 6.07) is 16.9. The first-order chi connectivity index (χ1) is 12.3. The number of H-pyrrole nitrogens is 1. The third-order valence-corrected chi connectivity index (χ3v) is 5.12. The normalized spacial score (nSPS) is 16.3. The Morgan fingerprint density at radius 1 is 1.04 bits per heavy atom. The van der Waals surface area contributed by atoms with Crippen LogP contribution in [0.2, 0.25) is 0 Å². The first-order valence-corrected chi connectivity index (χ1v) is 9.15. The second kappa shape index (κ2) is 7.09. The van der Waals surface area contributed by atoms with Crippen molar-refractivity contribution in [3.63, 3.8) is 0 Å². The minimum absolute atomic E-state index is 0.666. The molecule has 128 valence electrons. The Kier molecular flexibility index (Phi) is 4.51. The summed E-state index contributed by atoms with van der Waals surface area (Å²) in [5.74, 6) is 1.41. The molecule has 4 rings (SSSR count). The van der Waals surface area contributed by atoms with E-state index in [0.29, 0.717) is 5.95 Å². The summed E-state index contributed by atoms with van der Waals surface area (Å²) in [6.07, 6.45) is 6.80. The van der Waals surface area contributed by atoms with E-state index >= 15 is 0 Å². The maximum Gasteiger partial charge on any atom is 0.222 e. The van der Waals surface area contributed by atoms with Gasteiger partial charge in [-0.25, -0.2) is 10.4 Å². The van der Waals surface area contributed by atoms with Gasteiger partial charge in [0.15, 0.2) is 0 Å². The SMILES string of the molecule is C/C(=N\Nc1nc2ccccc2[nH]1)c1ccc(C2CCCCC2)cc1. The zero-order valence-corrected chi connectivity index (χ0v) is 14.6. The third-order valence-electron chi connectivity index (χ3n) is 5.12. The fraction of sp³-hybridized carbons (Fsp3) is 0.333. The first kappa shape index (κ1) is 15.9. The van der Waals surface area contributed by atoms with E-state index in [0.717, 1.165) is 28.2 Å². The highest BCUT2D eigenvalue weighted by atomic mass is 15.4. The number of imidazole rings is 1. The molecule has 3 aromatic rings. The van der Waals surface area contributed by atoms with Crippen LogP contribution in [0.15, 0.2) is 53.6 Å². The van der Waals surface area contributed by atoms with Crippen LogP contribution in [0.4, 0.5) is 5.95 Å². The van der Waals surface area contributed by atoms with Crippen LogP contribution in [0.25, 0.3) is 11.0 Å². The molecule has 0 atom stereocenters. The molecule has 1 aliphatic carbocycles. The summed E-state index contributed by atoms with van der Waals surface area (Å²) >= 11 is 0. The van der Waals surface area contributed by atoms with Crippen molar-refractivity contribution >= 4 is 22.7 Å². The number of hydrazone groups is 1. The molecule has 0 bridgehead atoms. The molecule has 1 aliphatic rings. The molecule has 4 heteroatoms. The van der Waals surface area contributed by atoms with Crippen molar-refractivity contribution in [1.29, 1.82) is 0 Å². The number of rotatable bonds is 4. The molecule has 2 N–H and O–H groups in total. The monoisotopic (exact) mass is 332 g/mol. The highest BCUT2D eigenvalue weighted by Crippen LogP contribution is 2.32. The van der Waals surface area contributed by atoms with Crippen LogP contribution < -0.4 is 5.43 Å². The minimum atomic E-state index is 0.666. The number of benzene rings is 2. The largest absolute Gasteiger partial charge is 0.323 e. The number of aromatic amines is 1. The summed E-state index contributed by atoms with van der Waals surface area (Å²) in [4.78, 5) is 7.71. The fourth-order valence-electron chi connectivity index (χ4n) is 3.64. The topological polar surface area (TPSA) is 53.1 Å². The van der Waals surface area contributed by atoms with Crippen molar-refractivity contribution in [2.75, 3.05) is 5.43 Å². The Balaban J connectivity index is 1.45. The molecular formula is C21H24N4. The Labute approximate surface area is 148 Å². The van der Waals surface area contributed by atoms with Crippen LogP contribution in [-0.4, -0.2) is 15.7 Å². The van der Waals surface area contributed by atoms with Gasteiger partial charge in [-0.1, -0.05) is 55.7 Å². The average Bonchev–Trinajstić information content (AvgIpc) is 3.10. The number of anilines is 1. The van der Waals surface area contributed by atoms with E-state index in [1.807, 2.05) is 31.2 Å². The standard InChI is InChI=1S/C21H24N4/c1-15(24-25-21-22-19-9-5-6-10-20(19)23-21)16-11-13-18(14-12-16)17-7-3-2-4-8-17/h5-6,9-14,17H,2-4,7-8H2,1H3,(H2,22,23,25)/b24-15+. The summed E-state index contributed by atoms with van der Waals surface area (Å²) < 4.78 is 0. The van der Waals surface area contributed by atoms with Crippen LogP contribution in [-0.2, 0) is 0 Å². The Morgan fingerprint density at radius 3 is 2.56 bits per heavy atom. The van der Waals surface area contributed by atoms with Crippen molar-refractivity contribution < 1.29 is 0 Å². The zero-order valence-electron chi connectivity index (χ0n) is 14.6. The summed E-state index contributed by atoms with van der Waals surface area (Å²) in [5, 5.41) is 4.47. The molecule has 0 saturated heterocycles. The molecule has 0 radical (unpaired) electrons. The van der Waals surface area contributed by atoms with E-state index in [1.165, 1.54) is 37.7 Å². The van der Waals surface area contributed by atoms with E-state index in [-0.39, 0.29) is 0 Å². The van der Waals surface area contributed by atoms with Gasteiger partial charge in [0.1, 0.15) is 0 Å². The molecule has 1 heterocycles. The second-order valence-corrected chi connectivity index (χ2v) is 6.87. The van der Waals surface area contributed by atoms with Gasteiger partial charge in [0.2, 0.25) is 5.95 Å². The molecule has 0 spiro atoms. The lowest BCUT2D eigenvalue weighted by Crippen LogP contribution is -2.05. The van der Waals surface area contributed by atoms with Gasteiger partial charge in [0, 0.05) is 0 Å². The number of fused-ring (bicyclic) bond motifs is 1. The minimum Gasteiger partial charge on any atom is -0.323 e. The van der Waals surface area contributed by atoms with Crippen molar-refractivity contribution in [1.82, 2.24) is 9.97 Å². The van der Waals surface area contributed by atoms with Gasteiger partial charge in [-0.2, -0.15) is 5.10 Å². The van der Waals surface area contributed by atoms with Crippen molar-refractivity contribution in [3.8, 4) is 0 Å². The average molecular weight is 332 g/mol. The Bertz CT molecular complexity index is 837. The lowest BCUT2D eigenvalue weighted by Gasteiger charge is -2.22. The molecule has 0 unspecified atom stereocenters. The smallest absolute Gasteiger partial charge is 0.222 e. The number of hydrogen-bond donors (Lipinski definition) is 2. The summed E-state index contributed by atoms with van der Waals surface area (Å²) in [5.41, 5.74) is 8.55. The lowest BCUT2D eigenvalue weighted by atomic mass is 9.84. The molecule has 1 fully saturated rings. The predicted octanol–water partition coefficient (Wildman–Crippen LogP) is 5.45. The molecule has 1 aromatic heterocycles. The van der Waals surface area contributed by atoms with Crippen molar-refractivity contribution in [2.45, 2.75) is 44.9 Å². The highest BCUT2D eigenvalue weighted by molar-refractivity contribution is 5.99. The van der Waals surface area contributed by atoms with Gasteiger partial charge in [0.25, 0.3) is 0 Å². The molecule has 2 aromatic carbocycles.